The summed E-state index contributed by atoms with van der Waals surface area (Å²) in [5.41, 5.74) is 5.07. The van der Waals surface area contributed by atoms with E-state index in [4.69, 9.17) is 10.8 Å². The first-order chi connectivity index (χ1) is 9.38. The molecule has 0 bridgehead atoms. The van der Waals surface area contributed by atoms with Gasteiger partial charge >= 0.3 is 12.0 Å². The summed E-state index contributed by atoms with van der Waals surface area (Å²) >= 11 is 0. The number of carbonyl (C=O) groups is 3. The Bertz CT molecular complexity index is 378. The summed E-state index contributed by atoms with van der Waals surface area (Å²) in [6.07, 6.45) is 5.05. The molecule has 3 amide bonds. The minimum Gasteiger partial charge on any atom is -0.480 e. The smallest absolute Gasteiger partial charge is 0.326 e. The van der Waals surface area contributed by atoms with Crippen molar-refractivity contribution in [1.82, 2.24) is 10.6 Å². The molecule has 1 aliphatic carbocycles. The fourth-order valence-corrected chi connectivity index (χ4v) is 2.66. The highest BCUT2D eigenvalue weighted by molar-refractivity contribution is 5.87. The molecule has 0 spiro atoms. The maximum absolute atomic E-state index is 11.7. The zero-order valence-electron chi connectivity index (χ0n) is 11.8. The van der Waals surface area contributed by atoms with E-state index in [2.05, 4.69) is 17.6 Å². The molecule has 1 unspecified atom stereocenters. The van der Waals surface area contributed by atoms with Gasteiger partial charge in [-0.3, -0.25) is 4.79 Å². The van der Waals surface area contributed by atoms with E-state index in [9.17, 15) is 14.4 Å². The molecular weight excluding hydrogens is 262 g/mol. The molecule has 1 rings (SSSR count). The number of aliphatic carboxylic acids is 1. The van der Waals surface area contributed by atoms with Crippen molar-refractivity contribution in [3.8, 4) is 0 Å². The van der Waals surface area contributed by atoms with Crippen LogP contribution in [-0.4, -0.2) is 35.6 Å². The number of primary amides is 1. The van der Waals surface area contributed by atoms with Gasteiger partial charge in [0.05, 0.1) is 6.42 Å². The average molecular weight is 285 g/mol. The second-order valence-electron chi connectivity index (χ2n) is 5.45. The summed E-state index contributed by atoms with van der Waals surface area (Å²) in [4.78, 5) is 33.4. The average Bonchev–Trinajstić information content (AvgIpc) is 2.84. The van der Waals surface area contributed by atoms with Crippen LogP contribution in [0.5, 0.6) is 0 Å². The van der Waals surface area contributed by atoms with E-state index in [1.165, 1.54) is 0 Å². The molecular formula is C13H23N3O4. The normalized spacial score (nSPS) is 18.2. The van der Waals surface area contributed by atoms with Crippen LogP contribution in [0.3, 0.4) is 0 Å². The van der Waals surface area contributed by atoms with Crippen molar-refractivity contribution in [2.24, 2.45) is 11.1 Å². The molecule has 0 aliphatic heterocycles. The highest BCUT2D eigenvalue weighted by Gasteiger charge is 2.32. The summed E-state index contributed by atoms with van der Waals surface area (Å²) in [6, 6.07) is -1.85. The van der Waals surface area contributed by atoms with E-state index >= 15 is 0 Å². The van der Waals surface area contributed by atoms with Crippen molar-refractivity contribution in [3.05, 3.63) is 0 Å². The minimum atomic E-state index is -1.28. The Labute approximate surface area is 118 Å². The van der Waals surface area contributed by atoms with Crippen molar-refractivity contribution in [1.29, 1.82) is 0 Å². The van der Waals surface area contributed by atoms with Gasteiger partial charge in [-0.05, 0) is 24.7 Å². The molecule has 7 nitrogen and oxygen atoms in total. The lowest BCUT2D eigenvalue weighted by Crippen LogP contribution is -2.49. The quantitative estimate of drug-likeness (QED) is 0.546. The molecule has 1 aliphatic rings. The van der Waals surface area contributed by atoms with Gasteiger partial charge in [-0.25, -0.2) is 9.59 Å². The van der Waals surface area contributed by atoms with Crippen molar-refractivity contribution in [2.75, 3.05) is 6.54 Å². The fourth-order valence-electron chi connectivity index (χ4n) is 2.66. The van der Waals surface area contributed by atoms with E-state index in [0.717, 1.165) is 32.1 Å². The maximum atomic E-state index is 11.7. The zero-order valence-corrected chi connectivity index (χ0v) is 11.8. The van der Waals surface area contributed by atoms with Crippen LogP contribution in [0.4, 0.5) is 4.79 Å². The third-order valence-corrected chi connectivity index (χ3v) is 4.05. The Balaban J connectivity index is 2.45. The number of carboxylic acid groups (broad SMARTS) is 1. The van der Waals surface area contributed by atoms with Crippen LogP contribution < -0.4 is 16.4 Å². The number of hydrogen-bond donors (Lipinski definition) is 4. The molecule has 1 atom stereocenters. The molecule has 0 aromatic rings. The van der Waals surface area contributed by atoms with Gasteiger partial charge in [0.15, 0.2) is 0 Å². The topological polar surface area (TPSA) is 122 Å². The lowest BCUT2D eigenvalue weighted by molar-refractivity contribution is -0.140. The van der Waals surface area contributed by atoms with E-state index in [1.54, 1.807) is 0 Å². The first kappa shape index (κ1) is 16.3. The van der Waals surface area contributed by atoms with Gasteiger partial charge in [0.2, 0.25) is 5.91 Å². The van der Waals surface area contributed by atoms with Gasteiger partial charge in [0, 0.05) is 6.54 Å². The predicted molar refractivity (Wildman–Crippen MR) is 73.0 cm³/mol. The van der Waals surface area contributed by atoms with Crippen LogP contribution in [0.1, 0.15) is 45.4 Å². The van der Waals surface area contributed by atoms with Crippen molar-refractivity contribution in [2.45, 2.75) is 51.5 Å². The Hall–Kier alpha value is -1.79. The van der Waals surface area contributed by atoms with Gasteiger partial charge in [-0.1, -0.05) is 19.8 Å². The van der Waals surface area contributed by atoms with Gasteiger partial charge in [-0.15, -0.1) is 0 Å². The first-order valence-corrected chi connectivity index (χ1v) is 6.94. The Morgan fingerprint density at radius 3 is 2.35 bits per heavy atom. The lowest BCUT2D eigenvalue weighted by Gasteiger charge is -2.28. The van der Waals surface area contributed by atoms with Gasteiger partial charge < -0.3 is 21.5 Å². The Kier molecular flexibility index (Phi) is 5.79. The summed E-state index contributed by atoms with van der Waals surface area (Å²) in [5.74, 6) is -2.04. The van der Waals surface area contributed by atoms with E-state index in [-0.39, 0.29) is 5.41 Å². The van der Waals surface area contributed by atoms with E-state index < -0.39 is 30.4 Å². The Morgan fingerprint density at radius 2 is 1.90 bits per heavy atom. The molecule has 1 fully saturated rings. The van der Waals surface area contributed by atoms with Crippen LogP contribution in [0, 0.1) is 5.41 Å². The second-order valence-corrected chi connectivity index (χ2v) is 5.45. The number of rotatable bonds is 7. The number of urea groups is 1. The molecule has 0 heterocycles. The fraction of sp³-hybridized carbons (Fsp3) is 0.769. The van der Waals surface area contributed by atoms with Crippen LogP contribution in [0.15, 0.2) is 0 Å². The predicted octanol–water partition coefficient (Wildman–Crippen LogP) is 0.585. The van der Waals surface area contributed by atoms with Crippen LogP contribution in [-0.2, 0) is 9.59 Å². The van der Waals surface area contributed by atoms with Crippen molar-refractivity contribution < 1.29 is 19.5 Å². The molecule has 20 heavy (non-hydrogen) atoms. The summed E-state index contributed by atoms with van der Waals surface area (Å²) in [7, 11) is 0. The van der Waals surface area contributed by atoms with Gasteiger partial charge in [0.25, 0.3) is 0 Å². The number of amides is 3. The van der Waals surface area contributed by atoms with Gasteiger partial charge in [-0.2, -0.15) is 0 Å². The second kappa shape index (κ2) is 7.12. The van der Waals surface area contributed by atoms with Crippen LogP contribution >= 0.6 is 0 Å². The molecule has 0 saturated heterocycles. The molecule has 7 heteroatoms. The highest BCUT2D eigenvalue weighted by atomic mass is 16.4. The molecule has 0 aromatic carbocycles. The molecule has 114 valence electrons. The first-order valence-electron chi connectivity index (χ1n) is 6.94. The van der Waals surface area contributed by atoms with Crippen LogP contribution in [0.2, 0.25) is 0 Å². The SMILES string of the molecule is CCC1(CNC(=O)NC(CC(N)=O)C(=O)O)CCCC1. The van der Waals surface area contributed by atoms with Crippen molar-refractivity contribution in [3.63, 3.8) is 0 Å². The standard InChI is InChI=1S/C13H23N3O4/c1-2-13(5-3-4-6-13)8-15-12(20)16-9(11(18)19)7-10(14)17/h9H,2-8H2,1H3,(H2,14,17)(H,18,19)(H2,15,16,20). The molecule has 5 N–H and O–H groups in total. The minimum absolute atomic E-state index is 0.125. The molecule has 0 aromatic heterocycles. The lowest BCUT2D eigenvalue weighted by atomic mass is 9.83. The monoisotopic (exact) mass is 285 g/mol. The van der Waals surface area contributed by atoms with Gasteiger partial charge in [0.1, 0.15) is 6.04 Å². The zero-order chi connectivity index (χ0) is 15.2. The molecule has 1 saturated carbocycles. The van der Waals surface area contributed by atoms with E-state index in [0.29, 0.717) is 6.54 Å². The van der Waals surface area contributed by atoms with Crippen molar-refractivity contribution >= 4 is 17.9 Å². The molecule has 0 radical (unpaired) electrons. The number of carboxylic acids is 1. The number of hydrogen-bond acceptors (Lipinski definition) is 3. The number of nitrogens with two attached hydrogens (primary N) is 1. The van der Waals surface area contributed by atoms with Crippen LogP contribution in [0.25, 0.3) is 0 Å². The number of carbonyl (C=O) groups excluding carboxylic acids is 2. The third kappa shape index (κ3) is 4.71. The van der Waals surface area contributed by atoms with E-state index in [1.807, 2.05) is 0 Å². The summed E-state index contributed by atoms with van der Waals surface area (Å²) in [5, 5.41) is 13.9. The highest BCUT2D eigenvalue weighted by Crippen LogP contribution is 2.40. The Morgan fingerprint density at radius 1 is 1.30 bits per heavy atom. The summed E-state index contributed by atoms with van der Waals surface area (Å²) in [6.45, 7) is 2.62. The summed E-state index contributed by atoms with van der Waals surface area (Å²) < 4.78 is 0. The number of nitrogens with one attached hydrogen (secondary N) is 2. The maximum Gasteiger partial charge on any atom is 0.326 e. The largest absolute Gasteiger partial charge is 0.480 e. The third-order valence-electron chi connectivity index (χ3n) is 4.05.